The summed E-state index contributed by atoms with van der Waals surface area (Å²) in [5.41, 5.74) is 7.04. The number of carbonyl (C=O) groups is 1. The molecule has 2 heterocycles. The van der Waals surface area contributed by atoms with Crippen LogP contribution in [0.15, 0.2) is 12.2 Å². The van der Waals surface area contributed by atoms with Crippen LogP contribution in [0.5, 0.6) is 0 Å². The molecule has 136 valence electrons. The summed E-state index contributed by atoms with van der Waals surface area (Å²) in [7, 11) is 0. The molecule has 0 radical (unpaired) electrons. The Balaban J connectivity index is 1.40. The number of alkyl halides is 1. The van der Waals surface area contributed by atoms with Crippen LogP contribution in [0.3, 0.4) is 0 Å². The van der Waals surface area contributed by atoms with Crippen LogP contribution in [-0.2, 0) is 9.63 Å². The van der Waals surface area contributed by atoms with Crippen molar-refractivity contribution < 1.29 is 14.0 Å². The van der Waals surface area contributed by atoms with Crippen molar-refractivity contribution in [1.82, 2.24) is 21.2 Å². The number of nitrogens with one attached hydrogen (secondary N) is 3. The highest BCUT2D eigenvalue weighted by Crippen LogP contribution is 2.27. The minimum absolute atomic E-state index is 0.0334. The fourth-order valence-electron chi connectivity index (χ4n) is 3.81. The van der Waals surface area contributed by atoms with Crippen molar-refractivity contribution in [1.29, 1.82) is 0 Å². The Morgan fingerprint density at radius 3 is 2.96 bits per heavy atom. The van der Waals surface area contributed by atoms with E-state index < -0.39 is 6.17 Å². The summed E-state index contributed by atoms with van der Waals surface area (Å²) >= 11 is 0. The first-order valence-corrected chi connectivity index (χ1v) is 9.00. The van der Waals surface area contributed by atoms with Gasteiger partial charge in [-0.05, 0) is 37.7 Å². The molecule has 2 saturated heterocycles. The topological polar surface area (TPSA) is 65.6 Å². The maximum Gasteiger partial charge on any atom is 0.239 e. The molecule has 3 aliphatic rings. The van der Waals surface area contributed by atoms with Crippen LogP contribution in [0, 0.1) is 5.92 Å². The predicted molar refractivity (Wildman–Crippen MR) is 89.6 cm³/mol. The molecule has 0 aromatic rings. The highest BCUT2D eigenvalue weighted by atomic mass is 19.1. The second-order valence-electron chi connectivity index (χ2n) is 7.46. The van der Waals surface area contributed by atoms with Crippen molar-refractivity contribution in [2.45, 2.75) is 63.4 Å². The van der Waals surface area contributed by atoms with Crippen LogP contribution in [0.4, 0.5) is 4.39 Å². The molecule has 3 rings (SSSR count). The number of hydrazine groups is 1. The largest absolute Gasteiger partial charge is 0.349 e. The van der Waals surface area contributed by atoms with Crippen molar-refractivity contribution in [3.05, 3.63) is 12.2 Å². The molecule has 0 bridgehead atoms. The molecular formula is C17H29FN4O2. The zero-order chi connectivity index (χ0) is 17.1. The Hall–Kier alpha value is -1.02. The second kappa shape index (κ2) is 7.91. The summed E-state index contributed by atoms with van der Waals surface area (Å²) in [4.78, 5) is 17.7. The number of rotatable bonds is 5. The molecule has 5 unspecified atom stereocenters. The zero-order valence-electron chi connectivity index (χ0n) is 14.4. The quantitative estimate of drug-likeness (QED) is 0.653. The van der Waals surface area contributed by atoms with Gasteiger partial charge in [-0.1, -0.05) is 13.0 Å². The summed E-state index contributed by atoms with van der Waals surface area (Å²) in [6, 6.07) is -0.251. The van der Waals surface area contributed by atoms with E-state index >= 15 is 0 Å². The fourth-order valence-corrected chi connectivity index (χ4v) is 3.81. The lowest BCUT2D eigenvalue weighted by molar-refractivity contribution is -0.124. The van der Waals surface area contributed by atoms with Gasteiger partial charge in [-0.15, -0.1) is 0 Å². The van der Waals surface area contributed by atoms with Crippen molar-refractivity contribution in [2.75, 3.05) is 19.6 Å². The van der Waals surface area contributed by atoms with Crippen molar-refractivity contribution in [2.24, 2.45) is 5.92 Å². The van der Waals surface area contributed by atoms with Gasteiger partial charge in [0.2, 0.25) is 5.91 Å². The third-order valence-corrected chi connectivity index (χ3v) is 5.21. The number of hydrogen-bond donors (Lipinski definition) is 3. The van der Waals surface area contributed by atoms with Crippen LogP contribution < -0.4 is 16.2 Å². The van der Waals surface area contributed by atoms with Crippen LogP contribution in [0.2, 0.25) is 0 Å². The Labute approximate surface area is 143 Å². The summed E-state index contributed by atoms with van der Waals surface area (Å²) < 4.78 is 13.5. The average Bonchev–Trinajstić information content (AvgIpc) is 3.17. The first-order chi connectivity index (χ1) is 11.5. The third-order valence-electron chi connectivity index (χ3n) is 5.21. The van der Waals surface area contributed by atoms with E-state index in [2.05, 4.69) is 27.8 Å². The lowest BCUT2D eigenvalue weighted by Crippen LogP contribution is -2.47. The van der Waals surface area contributed by atoms with E-state index in [1.54, 1.807) is 0 Å². The molecule has 1 amide bonds. The Bertz CT molecular complexity index is 476. The van der Waals surface area contributed by atoms with E-state index in [0.29, 0.717) is 25.2 Å². The summed E-state index contributed by atoms with van der Waals surface area (Å²) in [5.74, 6) is 0.380. The molecule has 3 N–H and O–H groups in total. The van der Waals surface area contributed by atoms with E-state index in [-0.39, 0.29) is 24.1 Å². The smallest absolute Gasteiger partial charge is 0.239 e. The van der Waals surface area contributed by atoms with Gasteiger partial charge in [0, 0.05) is 26.1 Å². The van der Waals surface area contributed by atoms with Gasteiger partial charge >= 0.3 is 0 Å². The second-order valence-corrected chi connectivity index (χ2v) is 7.46. The van der Waals surface area contributed by atoms with Gasteiger partial charge in [0.1, 0.15) is 18.3 Å². The average molecular weight is 340 g/mol. The number of amides is 1. The van der Waals surface area contributed by atoms with Crippen LogP contribution in [0.25, 0.3) is 0 Å². The Morgan fingerprint density at radius 1 is 1.42 bits per heavy atom. The number of carbonyl (C=O) groups excluding carboxylic acids is 1. The van der Waals surface area contributed by atoms with Gasteiger partial charge in [-0.3, -0.25) is 15.1 Å². The van der Waals surface area contributed by atoms with Gasteiger partial charge in [0.05, 0.1) is 6.04 Å². The standard InChI is InChI=1S/C17H29FN4O2/c1-11(2)16-7-15(21-24-16)17(23)20-14-8-19-22(10-14)9-12-4-3-5-13(18)6-12/h12-16,19,21H,1,3-10H2,2H3,(H,20,23). The summed E-state index contributed by atoms with van der Waals surface area (Å²) in [6.07, 6.45) is 3.34. The summed E-state index contributed by atoms with van der Waals surface area (Å²) in [5, 5.41) is 5.19. The van der Waals surface area contributed by atoms with E-state index in [1.165, 1.54) is 0 Å². The maximum atomic E-state index is 13.5. The monoisotopic (exact) mass is 340 g/mol. The zero-order valence-corrected chi connectivity index (χ0v) is 14.4. The molecular weight excluding hydrogens is 311 g/mol. The van der Waals surface area contributed by atoms with Crippen molar-refractivity contribution >= 4 is 5.91 Å². The lowest BCUT2D eigenvalue weighted by Gasteiger charge is -2.28. The molecule has 0 aromatic carbocycles. The SMILES string of the molecule is C=C(C)C1CC(C(=O)NC2CNN(CC3CCCC(F)C3)C2)NO1. The predicted octanol–water partition coefficient (Wildman–Crippen LogP) is 1.06. The van der Waals surface area contributed by atoms with E-state index in [1.807, 2.05) is 6.92 Å². The first kappa shape index (κ1) is 17.8. The third kappa shape index (κ3) is 4.53. The van der Waals surface area contributed by atoms with Crippen molar-refractivity contribution in [3.63, 3.8) is 0 Å². The molecule has 6 nitrogen and oxygen atoms in total. The molecule has 3 fully saturated rings. The molecule has 1 aliphatic carbocycles. The van der Waals surface area contributed by atoms with Gasteiger partial charge in [0.15, 0.2) is 0 Å². The molecule has 5 atom stereocenters. The van der Waals surface area contributed by atoms with Gasteiger partial charge in [0.25, 0.3) is 0 Å². The molecule has 1 saturated carbocycles. The van der Waals surface area contributed by atoms with Gasteiger partial charge in [-0.25, -0.2) is 9.40 Å². The summed E-state index contributed by atoms with van der Waals surface area (Å²) in [6.45, 7) is 8.10. The highest BCUT2D eigenvalue weighted by Gasteiger charge is 2.34. The minimum Gasteiger partial charge on any atom is -0.349 e. The normalized spacial score (nSPS) is 37.5. The fraction of sp³-hybridized carbons (Fsp3) is 0.824. The van der Waals surface area contributed by atoms with Crippen molar-refractivity contribution in [3.8, 4) is 0 Å². The molecule has 2 aliphatic heterocycles. The van der Waals surface area contributed by atoms with Crippen LogP contribution in [-0.4, -0.2) is 54.9 Å². The maximum absolute atomic E-state index is 13.5. The van der Waals surface area contributed by atoms with Gasteiger partial charge in [-0.2, -0.15) is 5.48 Å². The molecule has 0 spiro atoms. The van der Waals surface area contributed by atoms with Gasteiger partial charge < -0.3 is 5.32 Å². The Kier molecular flexibility index (Phi) is 5.86. The first-order valence-electron chi connectivity index (χ1n) is 9.00. The molecule has 0 aromatic heterocycles. The van der Waals surface area contributed by atoms with Crippen LogP contribution >= 0.6 is 0 Å². The van der Waals surface area contributed by atoms with E-state index in [0.717, 1.165) is 38.0 Å². The highest BCUT2D eigenvalue weighted by molar-refractivity contribution is 5.82. The minimum atomic E-state index is -0.642. The number of hydroxylamine groups is 1. The lowest BCUT2D eigenvalue weighted by atomic mass is 9.88. The number of halogens is 1. The number of hydrogen-bond acceptors (Lipinski definition) is 5. The Morgan fingerprint density at radius 2 is 2.25 bits per heavy atom. The van der Waals surface area contributed by atoms with Crippen LogP contribution in [0.1, 0.15) is 39.0 Å². The molecule has 24 heavy (non-hydrogen) atoms. The van der Waals surface area contributed by atoms with E-state index in [9.17, 15) is 9.18 Å². The number of nitrogens with zero attached hydrogens (tertiary/aromatic N) is 1. The van der Waals surface area contributed by atoms with E-state index in [4.69, 9.17) is 4.84 Å². The molecule has 7 heteroatoms.